The van der Waals surface area contributed by atoms with Crippen molar-refractivity contribution in [2.45, 2.75) is 25.5 Å². The molecule has 9 heteroatoms. The molecule has 1 aromatic rings. The van der Waals surface area contributed by atoms with Gasteiger partial charge in [0, 0.05) is 25.5 Å². The number of hydrogen-bond acceptors (Lipinski definition) is 6. The van der Waals surface area contributed by atoms with Crippen LogP contribution >= 0.6 is 0 Å². The molecule has 25 heavy (non-hydrogen) atoms. The van der Waals surface area contributed by atoms with Gasteiger partial charge < -0.3 is 16.2 Å². The minimum absolute atomic E-state index is 0.206. The maximum absolute atomic E-state index is 13.4. The van der Waals surface area contributed by atoms with E-state index in [4.69, 9.17) is 5.73 Å². The van der Waals surface area contributed by atoms with Gasteiger partial charge in [0.25, 0.3) is 6.43 Å². The van der Waals surface area contributed by atoms with Gasteiger partial charge in [-0.15, -0.1) is 0 Å². The van der Waals surface area contributed by atoms with Gasteiger partial charge in [0.05, 0.1) is 11.8 Å². The lowest BCUT2D eigenvalue weighted by atomic mass is 10.2. The summed E-state index contributed by atoms with van der Waals surface area (Å²) in [7, 11) is 1.61. The summed E-state index contributed by atoms with van der Waals surface area (Å²) < 4.78 is 27.8. The van der Waals surface area contributed by atoms with Gasteiger partial charge >= 0.3 is 0 Å². The number of nitrogens with zero attached hydrogens (tertiary/aromatic N) is 3. The summed E-state index contributed by atoms with van der Waals surface area (Å²) in [5.41, 5.74) is 8.10. The van der Waals surface area contributed by atoms with Gasteiger partial charge in [-0.05, 0) is 36.3 Å². The average Bonchev–Trinajstić information content (AvgIpc) is 3.36. The highest BCUT2D eigenvalue weighted by molar-refractivity contribution is 5.78. The Hall–Kier alpha value is -2.52. The predicted molar refractivity (Wildman–Crippen MR) is 92.0 cm³/mol. The Morgan fingerprint density at radius 3 is 2.92 bits per heavy atom. The van der Waals surface area contributed by atoms with E-state index in [2.05, 4.69) is 20.7 Å². The summed E-state index contributed by atoms with van der Waals surface area (Å²) in [5.74, 6) is 0.342. The first-order chi connectivity index (χ1) is 12.0. The molecule has 1 fully saturated rings. The predicted octanol–water partition coefficient (Wildman–Crippen LogP) is 1.59. The smallest absolute Gasteiger partial charge is 0.280 e. The number of halogens is 2. The van der Waals surface area contributed by atoms with Crippen LogP contribution in [0.5, 0.6) is 0 Å². The molecule has 5 N–H and O–H groups in total. The van der Waals surface area contributed by atoms with Crippen molar-refractivity contribution in [2.24, 2.45) is 10.7 Å². The summed E-state index contributed by atoms with van der Waals surface area (Å²) in [6.45, 7) is 0.269. The Kier molecular flexibility index (Phi) is 4.95. The number of nitrogens with two attached hydrogens (primary N) is 1. The normalized spacial score (nSPS) is 18.4. The van der Waals surface area contributed by atoms with Crippen LogP contribution in [0.25, 0.3) is 5.70 Å². The summed E-state index contributed by atoms with van der Waals surface area (Å²) in [4.78, 5) is 3.86. The van der Waals surface area contributed by atoms with Crippen LogP contribution < -0.4 is 16.4 Å². The molecule has 2 aliphatic rings. The van der Waals surface area contributed by atoms with E-state index in [1.165, 1.54) is 18.5 Å². The fourth-order valence-electron chi connectivity index (χ4n) is 2.57. The number of anilines is 1. The molecule has 1 aliphatic carbocycles. The number of aliphatic hydroxyl groups excluding tert-OH is 1. The van der Waals surface area contributed by atoms with Crippen molar-refractivity contribution in [1.29, 1.82) is 0 Å². The highest BCUT2D eigenvalue weighted by Gasteiger charge is 2.30. The molecule has 0 aromatic carbocycles. The number of aromatic nitrogens is 2. The molecule has 1 aromatic heterocycles. The monoisotopic (exact) mass is 350 g/mol. The molecule has 3 rings (SSSR count). The zero-order chi connectivity index (χ0) is 18.0. The van der Waals surface area contributed by atoms with Crippen LogP contribution in [0.4, 0.5) is 14.6 Å². The second-order valence-electron chi connectivity index (χ2n) is 5.78. The third kappa shape index (κ3) is 3.62. The molecule has 0 saturated heterocycles. The van der Waals surface area contributed by atoms with E-state index in [9.17, 15) is 13.9 Å². The minimum atomic E-state index is -2.67. The van der Waals surface area contributed by atoms with Crippen molar-refractivity contribution in [3.63, 3.8) is 0 Å². The van der Waals surface area contributed by atoms with Gasteiger partial charge in [-0.1, -0.05) is 0 Å². The van der Waals surface area contributed by atoms with Gasteiger partial charge in [-0.3, -0.25) is 10.3 Å². The molecule has 2 heterocycles. The zero-order valence-corrected chi connectivity index (χ0v) is 13.7. The lowest BCUT2D eigenvalue weighted by Gasteiger charge is -2.22. The van der Waals surface area contributed by atoms with Crippen LogP contribution in [-0.4, -0.2) is 41.1 Å². The fourth-order valence-corrected chi connectivity index (χ4v) is 2.57. The van der Waals surface area contributed by atoms with E-state index in [0.717, 1.165) is 23.1 Å². The Labute approximate surface area is 143 Å². The van der Waals surface area contributed by atoms with Gasteiger partial charge in [-0.25, -0.2) is 13.5 Å². The van der Waals surface area contributed by atoms with Gasteiger partial charge in [0.1, 0.15) is 17.7 Å². The first kappa shape index (κ1) is 17.3. The fraction of sp³-hybridized carbons (Fsp3) is 0.375. The van der Waals surface area contributed by atoms with Crippen LogP contribution in [0.1, 0.15) is 24.6 Å². The third-order valence-electron chi connectivity index (χ3n) is 3.99. The number of rotatable bonds is 6. The van der Waals surface area contributed by atoms with E-state index >= 15 is 0 Å². The molecule has 0 amide bonds. The Morgan fingerprint density at radius 2 is 2.32 bits per heavy atom. The Balaban J connectivity index is 1.84. The Bertz CT molecular complexity index is 772. The number of alkyl halides is 2. The number of nitrogens with one attached hydrogen (secondary N) is 2. The molecule has 7 nitrogen and oxygen atoms in total. The molecule has 1 saturated carbocycles. The molecule has 1 aliphatic heterocycles. The van der Waals surface area contributed by atoms with Crippen molar-refractivity contribution in [3.8, 4) is 0 Å². The number of fused-ring (bicyclic) bond motifs is 1. The van der Waals surface area contributed by atoms with Gasteiger partial charge in [0.2, 0.25) is 0 Å². The quantitative estimate of drug-likeness (QED) is 0.461. The SMILES string of the molecule is CN=CC(=CN)CNC(O)c1cnn2c1NC(=C1CC1)C=C2C(F)F. The molecular formula is C16H20F2N6O. The van der Waals surface area contributed by atoms with Crippen LogP contribution in [0.3, 0.4) is 0 Å². The molecule has 0 radical (unpaired) electrons. The zero-order valence-electron chi connectivity index (χ0n) is 13.7. The van der Waals surface area contributed by atoms with E-state index in [-0.39, 0.29) is 12.2 Å². The largest absolute Gasteiger partial charge is 0.404 e. The first-order valence-electron chi connectivity index (χ1n) is 7.86. The minimum Gasteiger partial charge on any atom is -0.404 e. The summed E-state index contributed by atoms with van der Waals surface area (Å²) in [5, 5.41) is 20.4. The highest BCUT2D eigenvalue weighted by Crippen LogP contribution is 2.38. The summed E-state index contributed by atoms with van der Waals surface area (Å²) >= 11 is 0. The van der Waals surface area contributed by atoms with Crippen molar-refractivity contribution < 1.29 is 13.9 Å². The molecule has 134 valence electrons. The third-order valence-corrected chi connectivity index (χ3v) is 3.99. The molecule has 0 spiro atoms. The average molecular weight is 350 g/mol. The van der Waals surface area contributed by atoms with Crippen LogP contribution in [0.15, 0.2) is 40.3 Å². The van der Waals surface area contributed by atoms with Crippen molar-refractivity contribution in [2.75, 3.05) is 18.9 Å². The second-order valence-corrected chi connectivity index (χ2v) is 5.78. The van der Waals surface area contributed by atoms with Gasteiger partial charge in [0.15, 0.2) is 0 Å². The second kappa shape index (κ2) is 7.16. The topological polar surface area (TPSA) is 100 Å². The van der Waals surface area contributed by atoms with Crippen molar-refractivity contribution >= 4 is 17.7 Å². The first-order valence-corrected chi connectivity index (χ1v) is 7.86. The lowest BCUT2D eigenvalue weighted by molar-refractivity contribution is 0.144. The standard InChI is InChI=1S/C16H20F2N6O/c1-20-6-9(5-19)7-21-16(25)11-8-22-24-13(14(17)18)4-12(10-2-3-10)23-15(11)24/h4-6,8,14,16,21,23,25H,2-3,7,19H2,1H3. The number of hydrogen-bond donors (Lipinski definition) is 4. The van der Waals surface area contributed by atoms with E-state index in [1.807, 2.05) is 0 Å². The number of aliphatic imine (C=N–C) groups is 1. The summed E-state index contributed by atoms with van der Waals surface area (Å²) in [6.07, 6.45) is 3.76. The van der Waals surface area contributed by atoms with Crippen LogP contribution in [0.2, 0.25) is 0 Å². The maximum atomic E-state index is 13.4. The van der Waals surface area contributed by atoms with Crippen molar-refractivity contribution in [1.82, 2.24) is 15.1 Å². The Morgan fingerprint density at radius 1 is 1.56 bits per heavy atom. The van der Waals surface area contributed by atoms with Crippen LogP contribution in [-0.2, 0) is 0 Å². The van der Waals surface area contributed by atoms with E-state index in [0.29, 0.717) is 22.7 Å². The maximum Gasteiger partial charge on any atom is 0.280 e. The number of allylic oxidation sites excluding steroid dienone is 3. The molecule has 0 bridgehead atoms. The highest BCUT2D eigenvalue weighted by atomic mass is 19.3. The van der Waals surface area contributed by atoms with Crippen molar-refractivity contribution in [3.05, 3.63) is 40.9 Å². The van der Waals surface area contributed by atoms with Crippen LogP contribution in [0, 0.1) is 0 Å². The lowest BCUT2D eigenvalue weighted by Crippen LogP contribution is -2.25. The summed E-state index contributed by atoms with van der Waals surface area (Å²) in [6, 6.07) is 0. The molecule has 1 atom stereocenters. The van der Waals surface area contributed by atoms with Gasteiger partial charge in [-0.2, -0.15) is 5.10 Å². The van der Waals surface area contributed by atoms with E-state index in [1.54, 1.807) is 13.3 Å². The molecule has 1 unspecified atom stereocenters. The molecular weight excluding hydrogens is 330 g/mol. The number of aliphatic hydroxyl groups is 1. The van der Waals surface area contributed by atoms with E-state index < -0.39 is 12.7 Å².